The maximum Gasteiger partial charge on any atom is 0.237 e. The summed E-state index contributed by atoms with van der Waals surface area (Å²) in [5, 5.41) is 3.22. The molecule has 0 heterocycles. The first-order valence-corrected chi connectivity index (χ1v) is 7.06. The van der Waals surface area contributed by atoms with E-state index in [2.05, 4.69) is 5.32 Å². The van der Waals surface area contributed by atoms with Crippen LogP contribution in [0.1, 0.15) is 32.6 Å². The SMILES string of the molecule is CC(CCCOc1cc(F)ccc1F)(NC1CC1)C(N)=O. The van der Waals surface area contributed by atoms with Crippen molar-refractivity contribution in [2.45, 2.75) is 44.2 Å². The number of ether oxygens (including phenoxy) is 1. The van der Waals surface area contributed by atoms with Crippen LogP contribution < -0.4 is 15.8 Å². The summed E-state index contributed by atoms with van der Waals surface area (Å²) >= 11 is 0. The van der Waals surface area contributed by atoms with Crippen LogP contribution in [-0.2, 0) is 4.79 Å². The van der Waals surface area contributed by atoms with Crippen molar-refractivity contribution in [3.63, 3.8) is 0 Å². The van der Waals surface area contributed by atoms with Gasteiger partial charge in [0.15, 0.2) is 11.6 Å². The first-order valence-electron chi connectivity index (χ1n) is 7.06. The molecule has 0 spiro atoms. The van der Waals surface area contributed by atoms with Gasteiger partial charge in [-0.2, -0.15) is 0 Å². The van der Waals surface area contributed by atoms with Gasteiger partial charge in [0.25, 0.3) is 0 Å². The van der Waals surface area contributed by atoms with E-state index < -0.39 is 23.1 Å². The Morgan fingerprint density at radius 3 is 2.81 bits per heavy atom. The number of carbonyl (C=O) groups is 1. The van der Waals surface area contributed by atoms with Crippen molar-refractivity contribution < 1.29 is 18.3 Å². The van der Waals surface area contributed by atoms with E-state index in [9.17, 15) is 13.6 Å². The van der Waals surface area contributed by atoms with Crippen LogP contribution in [0.2, 0.25) is 0 Å². The Balaban J connectivity index is 1.82. The molecule has 1 aliphatic carbocycles. The molecule has 0 bridgehead atoms. The average molecular weight is 298 g/mol. The minimum Gasteiger partial charge on any atom is -0.490 e. The summed E-state index contributed by atoms with van der Waals surface area (Å²) in [6.07, 6.45) is 3.09. The van der Waals surface area contributed by atoms with E-state index in [1.54, 1.807) is 6.92 Å². The van der Waals surface area contributed by atoms with Crippen LogP contribution in [0, 0.1) is 11.6 Å². The van der Waals surface area contributed by atoms with Crippen molar-refractivity contribution in [2.75, 3.05) is 6.61 Å². The van der Waals surface area contributed by atoms with Gasteiger partial charge in [-0.05, 0) is 44.7 Å². The molecule has 1 aromatic carbocycles. The Labute approximate surface area is 122 Å². The highest BCUT2D eigenvalue weighted by Crippen LogP contribution is 2.25. The van der Waals surface area contributed by atoms with Gasteiger partial charge in [-0.3, -0.25) is 4.79 Å². The third-order valence-corrected chi connectivity index (χ3v) is 3.62. The summed E-state index contributed by atoms with van der Waals surface area (Å²) in [6, 6.07) is 3.41. The quantitative estimate of drug-likeness (QED) is 0.723. The number of benzene rings is 1. The number of nitrogens with two attached hydrogens (primary N) is 1. The number of amides is 1. The van der Waals surface area contributed by atoms with Crippen LogP contribution in [0.15, 0.2) is 18.2 Å². The number of rotatable bonds is 8. The van der Waals surface area contributed by atoms with Crippen molar-refractivity contribution >= 4 is 5.91 Å². The predicted molar refractivity (Wildman–Crippen MR) is 74.8 cm³/mol. The summed E-state index contributed by atoms with van der Waals surface area (Å²) in [4.78, 5) is 11.6. The highest BCUT2D eigenvalue weighted by Gasteiger charge is 2.36. The van der Waals surface area contributed by atoms with Gasteiger partial charge >= 0.3 is 0 Å². The zero-order valence-electron chi connectivity index (χ0n) is 12.0. The van der Waals surface area contributed by atoms with Crippen molar-refractivity contribution in [1.82, 2.24) is 5.32 Å². The molecule has 6 heteroatoms. The fourth-order valence-electron chi connectivity index (χ4n) is 2.14. The van der Waals surface area contributed by atoms with E-state index in [-0.39, 0.29) is 12.4 Å². The van der Waals surface area contributed by atoms with E-state index in [1.165, 1.54) is 0 Å². The number of hydrogen-bond donors (Lipinski definition) is 2. The van der Waals surface area contributed by atoms with Gasteiger partial charge in [-0.15, -0.1) is 0 Å². The zero-order chi connectivity index (χ0) is 15.5. The Morgan fingerprint density at radius 2 is 2.19 bits per heavy atom. The molecule has 1 amide bonds. The maximum absolute atomic E-state index is 13.4. The van der Waals surface area contributed by atoms with Crippen LogP contribution >= 0.6 is 0 Å². The van der Waals surface area contributed by atoms with Crippen molar-refractivity contribution in [1.29, 1.82) is 0 Å². The number of carbonyl (C=O) groups excluding carboxylic acids is 1. The van der Waals surface area contributed by atoms with Crippen LogP contribution in [0.25, 0.3) is 0 Å². The first kappa shape index (κ1) is 15.7. The highest BCUT2D eigenvalue weighted by atomic mass is 19.1. The van der Waals surface area contributed by atoms with E-state index in [4.69, 9.17) is 10.5 Å². The summed E-state index contributed by atoms with van der Waals surface area (Å²) in [7, 11) is 0. The Kier molecular flexibility index (Phi) is 4.77. The normalized spacial score (nSPS) is 17.3. The van der Waals surface area contributed by atoms with Crippen molar-refractivity contribution in [2.24, 2.45) is 5.73 Å². The topological polar surface area (TPSA) is 64.3 Å². The lowest BCUT2D eigenvalue weighted by Crippen LogP contribution is -2.54. The second kappa shape index (κ2) is 6.39. The summed E-state index contributed by atoms with van der Waals surface area (Å²) in [5.41, 5.74) is 4.65. The molecule has 116 valence electrons. The molecule has 0 aliphatic heterocycles. The van der Waals surface area contributed by atoms with Gasteiger partial charge < -0.3 is 15.8 Å². The zero-order valence-corrected chi connectivity index (χ0v) is 12.0. The molecular weight excluding hydrogens is 278 g/mol. The van der Waals surface area contributed by atoms with E-state index in [0.29, 0.717) is 18.9 Å². The summed E-state index contributed by atoms with van der Waals surface area (Å²) in [5.74, 6) is -1.69. The van der Waals surface area contributed by atoms with Gasteiger partial charge in [-0.1, -0.05) is 0 Å². The van der Waals surface area contributed by atoms with Gasteiger partial charge in [0, 0.05) is 12.1 Å². The molecule has 1 aromatic rings. The largest absolute Gasteiger partial charge is 0.490 e. The molecule has 1 aliphatic rings. The van der Waals surface area contributed by atoms with E-state index >= 15 is 0 Å². The minimum atomic E-state index is -0.787. The number of primary amides is 1. The number of hydrogen-bond acceptors (Lipinski definition) is 3. The molecular formula is C15H20F2N2O2. The van der Waals surface area contributed by atoms with Gasteiger partial charge in [0.05, 0.1) is 12.1 Å². The van der Waals surface area contributed by atoms with Crippen molar-refractivity contribution in [3.8, 4) is 5.75 Å². The molecule has 3 N–H and O–H groups in total. The fraction of sp³-hybridized carbons (Fsp3) is 0.533. The van der Waals surface area contributed by atoms with Crippen LogP contribution in [0.5, 0.6) is 5.75 Å². The highest BCUT2D eigenvalue weighted by molar-refractivity contribution is 5.84. The molecule has 1 atom stereocenters. The Morgan fingerprint density at radius 1 is 1.48 bits per heavy atom. The molecule has 1 saturated carbocycles. The molecule has 21 heavy (non-hydrogen) atoms. The molecule has 4 nitrogen and oxygen atoms in total. The lowest BCUT2D eigenvalue weighted by Gasteiger charge is -2.27. The van der Waals surface area contributed by atoms with Gasteiger partial charge in [-0.25, -0.2) is 8.78 Å². The van der Waals surface area contributed by atoms with Crippen LogP contribution in [-0.4, -0.2) is 24.1 Å². The number of halogens is 2. The molecule has 0 radical (unpaired) electrons. The molecule has 0 saturated heterocycles. The van der Waals surface area contributed by atoms with Crippen LogP contribution in [0.3, 0.4) is 0 Å². The average Bonchev–Trinajstić information content (AvgIpc) is 3.22. The van der Waals surface area contributed by atoms with Crippen molar-refractivity contribution in [3.05, 3.63) is 29.8 Å². The lowest BCUT2D eigenvalue weighted by atomic mass is 9.95. The standard InChI is InChI=1S/C15H20F2N2O2/c1-15(14(18)20,19-11-4-5-11)7-2-8-21-13-9-10(16)3-6-12(13)17/h3,6,9,11,19H,2,4-5,7-8H2,1H3,(H2,18,20). The van der Waals surface area contributed by atoms with Gasteiger partial charge in [0.1, 0.15) is 5.82 Å². The Bertz CT molecular complexity index is 520. The fourth-order valence-corrected chi connectivity index (χ4v) is 2.14. The van der Waals surface area contributed by atoms with E-state index in [0.717, 1.165) is 31.0 Å². The van der Waals surface area contributed by atoms with E-state index in [1.807, 2.05) is 0 Å². The second-order valence-electron chi connectivity index (χ2n) is 5.64. The van der Waals surface area contributed by atoms with Gasteiger partial charge in [0.2, 0.25) is 5.91 Å². The molecule has 1 unspecified atom stereocenters. The Hall–Kier alpha value is -1.69. The monoisotopic (exact) mass is 298 g/mol. The first-order chi connectivity index (χ1) is 9.90. The molecule has 2 rings (SSSR count). The third-order valence-electron chi connectivity index (χ3n) is 3.62. The minimum absolute atomic E-state index is 0.120. The van der Waals surface area contributed by atoms with Crippen LogP contribution in [0.4, 0.5) is 8.78 Å². The second-order valence-corrected chi connectivity index (χ2v) is 5.64. The smallest absolute Gasteiger partial charge is 0.237 e. The number of nitrogens with one attached hydrogen (secondary N) is 1. The lowest BCUT2D eigenvalue weighted by molar-refractivity contribution is -0.124. The predicted octanol–water partition coefficient (Wildman–Crippen LogP) is 2.12. The molecule has 1 fully saturated rings. The maximum atomic E-state index is 13.4. The third kappa shape index (κ3) is 4.39. The summed E-state index contributed by atoms with van der Waals surface area (Å²) < 4.78 is 31.6. The molecule has 0 aromatic heterocycles. The summed E-state index contributed by atoms with van der Waals surface area (Å²) in [6.45, 7) is 1.95.